The van der Waals surface area contributed by atoms with Crippen molar-refractivity contribution >= 4 is 5.69 Å². The van der Waals surface area contributed by atoms with Crippen molar-refractivity contribution in [3.8, 4) is 0 Å². The number of hydrogen-bond donors (Lipinski definition) is 3. The van der Waals surface area contributed by atoms with Gasteiger partial charge in [-0.3, -0.25) is 0 Å². The predicted octanol–water partition coefficient (Wildman–Crippen LogP) is 1.13. The monoisotopic (exact) mass is 206 g/mol. The normalized spacial score (nSPS) is 20.9. The Balaban J connectivity index is 2.40. The standard InChI is InChI=1S/C12H18N2O/c1-7-3-4-9-10(11(15)5-13)6-14-12(9)8(7)2/h3-4,10-11,14-15H,5-6,13H2,1-2H3. The maximum absolute atomic E-state index is 9.80. The van der Waals surface area contributed by atoms with Crippen molar-refractivity contribution in [1.29, 1.82) is 0 Å². The summed E-state index contributed by atoms with van der Waals surface area (Å²) >= 11 is 0. The number of fused-ring (bicyclic) bond motifs is 1. The van der Waals surface area contributed by atoms with Gasteiger partial charge in [0.05, 0.1) is 6.10 Å². The van der Waals surface area contributed by atoms with Crippen LogP contribution in [-0.2, 0) is 0 Å². The predicted molar refractivity (Wildman–Crippen MR) is 62.2 cm³/mol. The Morgan fingerprint density at radius 3 is 2.93 bits per heavy atom. The maximum atomic E-state index is 9.80. The highest BCUT2D eigenvalue weighted by molar-refractivity contribution is 5.65. The highest BCUT2D eigenvalue weighted by Gasteiger charge is 2.28. The molecular weight excluding hydrogens is 188 g/mol. The van der Waals surface area contributed by atoms with Gasteiger partial charge in [-0.15, -0.1) is 0 Å². The molecule has 1 aromatic carbocycles. The minimum atomic E-state index is -0.444. The molecule has 0 saturated carbocycles. The second-order valence-corrected chi connectivity index (χ2v) is 4.26. The van der Waals surface area contributed by atoms with E-state index in [0.717, 1.165) is 6.54 Å². The van der Waals surface area contributed by atoms with Crippen molar-refractivity contribution in [2.24, 2.45) is 5.73 Å². The second-order valence-electron chi connectivity index (χ2n) is 4.26. The molecule has 1 aromatic rings. The Hall–Kier alpha value is -1.06. The van der Waals surface area contributed by atoms with Gasteiger partial charge >= 0.3 is 0 Å². The van der Waals surface area contributed by atoms with Crippen LogP contribution in [0.5, 0.6) is 0 Å². The summed E-state index contributed by atoms with van der Waals surface area (Å²) in [5.74, 6) is 0.143. The number of rotatable bonds is 2. The molecule has 0 radical (unpaired) electrons. The summed E-state index contributed by atoms with van der Waals surface area (Å²) in [6.07, 6.45) is -0.444. The molecule has 82 valence electrons. The lowest BCUT2D eigenvalue weighted by Crippen LogP contribution is -2.28. The van der Waals surface area contributed by atoms with Crippen LogP contribution < -0.4 is 11.1 Å². The smallest absolute Gasteiger partial charge is 0.0748 e. The lowest BCUT2D eigenvalue weighted by molar-refractivity contribution is 0.157. The molecule has 2 unspecified atom stereocenters. The van der Waals surface area contributed by atoms with Gasteiger partial charge in [-0.05, 0) is 30.5 Å². The van der Waals surface area contributed by atoms with Crippen LogP contribution in [0.1, 0.15) is 22.6 Å². The Morgan fingerprint density at radius 1 is 1.53 bits per heavy atom. The van der Waals surface area contributed by atoms with E-state index in [1.54, 1.807) is 0 Å². The lowest BCUT2D eigenvalue weighted by Gasteiger charge is -2.16. The first-order valence-electron chi connectivity index (χ1n) is 5.37. The fourth-order valence-electron chi connectivity index (χ4n) is 2.21. The van der Waals surface area contributed by atoms with Gasteiger partial charge in [0.2, 0.25) is 0 Å². The van der Waals surface area contributed by atoms with E-state index in [4.69, 9.17) is 5.73 Å². The van der Waals surface area contributed by atoms with E-state index < -0.39 is 6.10 Å². The average molecular weight is 206 g/mol. The van der Waals surface area contributed by atoms with E-state index in [-0.39, 0.29) is 5.92 Å². The quantitative estimate of drug-likeness (QED) is 0.680. The molecule has 0 aliphatic carbocycles. The third-order valence-corrected chi connectivity index (χ3v) is 3.37. The topological polar surface area (TPSA) is 58.3 Å². The molecule has 15 heavy (non-hydrogen) atoms. The lowest BCUT2D eigenvalue weighted by atomic mass is 9.93. The fraction of sp³-hybridized carbons (Fsp3) is 0.500. The maximum Gasteiger partial charge on any atom is 0.0748 e. The zero-order valence-corrected chi connectivity index (χ0v) is 9.25. The van der Waals surface area contributed by atoms with Gasteiger partial charge in [0.15, 0.2) is 0 Å². The Labute approximate surface area is 90.3 Å². The highest BCUT2D eigenvalue weighted by Crippen LogP contribution is 2.36. The SMILES string of the molecule is Cc1ccc2c(c1C)NCC2C(O)CN. The number of aliphatic hydroxyl groups is 1. The van der Waals surface area contributed by atoms with Gasteiger partial charge in [0.1, 0.15) is 0 Å². The van der Waals surface area contributed by atoms with Gasteiger partial charge in [0, 0.05) is 24.7 Å². The molecule has 4 N–H and O–H groups in total. The molecule has 0 saturated heterocycles. The molecular formula is C12H18N2O. The molecule has 1 heterocycles. The van der Waals surface area contributed by atoms with Crippen LogP contribution in [0.4, 0.5) is 5.69 Å². The second kappa shape index (κ2) is 3.83. The first kappa shape index (κ1) is 10.5. The number of nitrogens with two attached hydrogens (primary N) is 1. The van der Waals surface area contributed by atoms with Crippen molar-refractivity contribution in [3.05, 3.63) is 28.8 Å². The van der Waals surface area contributed by atoms with Gasteiger partial charge in [0.25, 0.3) is 0 Å². The summed E-state index contributed by atoms with van der Waals surface area (Å²) < 4.78 is 0. The van der Waals surface area contributed by atoms with Crippen LogP contribution in [0.15, 0.2) is 12.1 Å². The summed E-state index contributed by atoms with van der Waals surface area (Å²) in [5.41, 5.74) is 10.5. The number of aliphatic hydroxyl groups excluding tert-OH is 1. The third kappa shape index (κ3) is 1.62. The number of aryl methyl sites for hydroxylation is 1. The molecule has 0 fully saturated rings. The van der Waals surface area contributed by atoms with E-state index in [9.17, 15) is 5.11 Å². The fourth-order valence-corrected chi connectivity index (χ4v) is 2.21. The van der Waals surface area contributed by atoms with Gasteiger partial charge in [-0.1, -0.05) is 12.1 Å². The molecule has 0 amide bonds. The number of hydrogen-bond acceptors (Lipinski definition) is 3. The Morgan fingerprint density at radius 2 is 2.27 bits per heavy atom. The molecule has 0 spiro atoms. The molecule has 0 bridgehead atoms. The summed E-state index contributed by atoms with van der Waals surface area (Å²) in [7, 11) is 0. The summed E-state index contributed by atoms with van der Waals surface area (Å²) in [6, 6.07) is 4.21. The minimum Gasteiger partial charge on any atom is -0.391 e. The largest absolute Gasteiger partial charge is 0.391 e. The van der Waals surface area contributed by atoms with E-state index >= 15 is 0 Å². The van der Waals surface area contributed by atoms with Gasteiger partial charge < -0.3 is 16.2 Å². The summed E-state index contributed by atoms with van der Waals surface area (Å²) in [5, 5.41) is 13.2. The molecule has 1 aliphatic rings. The minimum absolute atomic E-state index is 0.143. The first-order valence-corrected chi connectivity index (χ1v) is 5.37. The average Bonchev–Trinajstić information content (AvgIpc) is 2.66. The zero-order valence-electron chi connectivity index (χ0n) is 9.25. The van der Waals surface area contributed by atoms with Crippen molar-refractivity contribution in [2.45, 2.75) is 25.9 Å². The van der Waals surface area contributed by atoms with Crippen LogP contribution in [0.2, 0.25) is 0 Å². The van der Waals surface area contributed by atoms with Crippen LogP contribution >= 0.6 is 0 Å². The molecule has 2 rings (SSSR count). The van der Waals surface area contributed by atoms with Crippen molar-refractivity contribution in [2.75, 3.05) is 18.4 Å². The van der Waals surface area contributed by atoms with Crippen LogP contribution in [0, 0.1) is 13.8 Å². The van der Waals surface area contributed by atoms with E-state index in [0.29, 0.717) is 6.54 Å². The Bertz CT molecular complexity index is 376. The molecule has 0 aromatic heterocycles. The number of benzene rings is 1. The zero-order chi connectivity index (χ0) is 11.0. The van der Waals surface area contributed by atoms with Crippen LogP contribution in [0.3, 0.4) is 0 Å². The van der Waals surface area contributed by atoms with Crippen LogP contribution in [0.25, 0.3) is 0 Å². The first-order chi connectivity index (χ1) is 7.15. The Kier molecular flexibility index (Phi) is 2.67. The number of anilines is 1. The van der Waals surface area contributed by atoms with Gasteiger partial charge in [-0.25, -0.2) is 0 Å². The highest BCUT2D eigenvalue weighted by atomic mass is 16.3. The van der Waals surface area contributed by atoms with E-state index in [1.807, 2.05) is 0 Å². The molecule has 2 atom stereocenters. The number of nitrogens with one attached hydrogen (secondary N) is 1. The van der Waals surface area contributed by atoms with Gasteiger partial charge in [-0.2, -0.15) is 0 Å². The van der Waals surface area contributed by atoms with E-state index in [2.05, 4.69) is 31.3 Å². The summed E-state index contributed by atoms with van der Waals surface area (Å²) in [6.45, 7) is 5.32. The van der Waals surface area contributed by atoms with Crippen molar-refractivity contribution in [3.63, 3.8) is 0 Å². The van der Waals surface area contributed by atoms with Crippen LogP contribution in [-0.4, -0.2) is 24.3 Å². The summed E-state index contributed by atoms with van der Waals surface area (Å²) in [4.78, 5) is 0. The molecule has 3 heteroatoms. The third-order valence-electron chi connectivity index (χ3n) is 3.37. The molecule has 1 aliphatic heterocycles. The van der Waals surface area contributed by atoms with Crippen molar-refractivity contribution in [1.82, 2.24) is 0 Å². The molecule has 3 nitrogen and oxygen atoms in total. The van der Waals surface area contributed by atoms with E-state index in [1.165, 1.54) is 22.4 Å². The van der Waals surface area contributed by atoms with Crippen molar-refractivity contribution < 1.29 is 5.11 Å².